The van der Waals surface area contributed by atoms with Crippen molar-refractivity contribution in [1.29, 1.82) is 0 Å². The summed E-state index contributed by atoms with van der Waals surface area (Å²) in [4.78, 5) is 0. The van der Waals surface area contributed by atoms with E-state index in [1.165, 1.54) is 7.11 Å². The number of benzene rings is 3. The fraction of sp³-hybridized carbons (Fsp3) is 0.280. The van der Waals surface area contributed by atoms with Gasteiger partial charge >= 0.3 is 0 Å². The van der Waals surface area contributed by atoms with Crippen molar-refractivity contribution in [3.8, 4) is 17.2 Å². The summed E-state index contributed by atoms with van der Waals surface area (Å²) >= 11 is 0. The minimum atomic E-state index is -2.97. The fourth-order valence-electron chi connectivity index (χ4n) is 4.07. The predicted molar refractivity (Wildman–Crippen MR) is 111 cm³/mol. The van der Waals surface area contributed by atoms with Crippen LogP contribution in [0, 0.1) is 5.92 Å². The third kappa shape index (κ3) is 3.54. The van der Waals surface area contributed by atoms with Crippen molar-refractivity contribution in [2.75, 3.05) is 13.7 Å². The molecular formula is C25H24F2O3. The van der Waals surface area contributed by atoms with Crippen molar-refractivity contribution in [1.82, 2.24) is 0 Å². The number of hydrogen-bond acceptors (Lipinski definition) is 3. The second kappa shape index (κ2) is 8.07. The van der Waals surface area contributed by atoms with Gasteiger partial charge in [-0.25, -0.2) is 8.78 Å². The number of ether oxygens (including phenoxy) is 3. The molecule has 4 rings (SSSR count). The molecule has 3 aromatic carbocycles. The van der Waals surface area contributed by atoms with Crippen LogP contribution < -0.4 is 9.47 Å². The van der Waals surface area contributed by atoms with E-state index in [1.807, 2.05) is 55.5 Å². The van der Waals surface area contributed by atoms with E-state index in [4.69, 9.17) is 14.2 Å². The lowest BCUT2D eigenvalue weighted by atomic mass is 10.0. The molecule has 3 aromatic rings. The molecule has 2 atom stereocenters. The van der Waals surface area contributed by atoms with E-state index in [0.717, 1.165) is 5.56 Å². The Hall–Kier alpha value is -2.92. The molecular weight excluding hydrogens is 386 g/mol. The lowest BCUT2D eigenvalue weighted by Gasteiger charge is -2.16. The van der Waals surface area contributed by atoms with Crippen LogP contribution in [0.3, 0.4) is 0 Å². The second-order valence-electron chi connectivity index (χ2n) is 7.34. The first-order chi connectivity index (χ1) is 14.5. The lowest BCUT2D eigenvalue weighted by molar-refractivity contribution is -0.0354. The fourth-order valence-corrected chi connectivity index (χ4v) is 4.07. The largest absolute Gasteiger partial charge is 0.494 e. The van der Waals surface area contributed by atoms with Gasteiger partial charge in [-0.3, -0.25) is 0 Å². The third-order valence-electron chi connectivity index (χ3n) is 5.57. The van der Waals surface area contributed by atoms with Crippen LogP contribution in [-0.4, -0.2) is 19.6 Å². The number of alkyl halides is 2. The van der Waals surface area contributed by atoms with Gasteiger partial charge in [0.25, 0.3) is 5.92 Å². The Balaban J connectivity index is 1.55. The molecule has 0 N–H and O–H groups in total. The summed E-state index contributed by atoms with van der Waals surface area (Å²) in [7, 11) is 1.35. The molecule has 0 amide bonds. The normalized spacial score (nSPS) is 21.8. The van der Waals surface area contributed by atoms with E-state index in [9.17, 15) is 8.78 Å². The maximum absolute atomic E-state index is 15.0. The van der Waals surface area contributed by atoms with Crippen molar-refractivity contribution in [2.24, 2.45) is 5.92 Å². The topological polar surface area (TPSA) is 27.7 Å². The SMILES string of the molecule is CCOc1ccc(C2(OC)C(Cc3cccc(Oc4ccccc4)c3)C2(F)F)cc1. The minimum absolute atomic E-state index is 0.181. The first-order valence-corrected chi connectivity index (χ1v) is 9.99. The molecule has 0 bridgehead atoms. The molecule has 1 aliphatic rings. The van der Waals surface area contributed by atoms with Gasteiger partial charge in [0.1, 0.15) is 17.2 Å². The number of rotatable bonds is 8. The van der Waals surface area contributed by atoms with Crippen LogP contribution in [0.4, 0.5) is 8.78 Å². The van der Waals surface area contributed by atoms with Crippen LogP contribution in [0.15, 0.2) is 78.9 Å². The Morgan fingerprint density at radius 3 is 2.20 bits per heavy atom. The van der Waals surface area contributed by atoms with Crippen LogP contribution in [0.2, 0.25) is 0 Å². The average Bonchev–Trinajstić information content (AvgIpc) is 3.24. The van der Waals surface area contributed by atoms with Gasteiger partial charge in [0.15, 0.2) is 5.60 Å². The highest BCUT2D eigenvalue weighted by Gasteiger charge is 2.82. The predicted octanol–water partition coefficient (Wildman–Crippen LogP) is 6.23. The van der Waals surface area contributed by atoms with Gasteiger partial charge in [0.05, 0.1) is 12.5 Å². The molecule has 0 saturated heterocycles. The molecule has 156 valence electrons. The maximum Gasteiger partial charge on any atom is 0.287 e. The van der Waals surface area contributed by atoms with Crippen molar-refractivity contribution in [3.05, 3.63) is 90.0 Å². The Labute approximate surface area is 175 Å². The second-order valence-corrected chi connectivity index (χ2v) is 7.34. The van der Waals surface area contributed by atoms with Gasteiger partial charge < -0.3 is 14.2 Å². The molecule has 0 heterocycles. The zero-order chi connectivity index (χ0) is 21.2. The molecule has 0 spiro atoms. The van der Waals surface area contributed by atoms with Crippen LogP contribution >= 0.6 is 0 Å². The molecule has 1 saturated carbocycles. The van der Waals surface area contributed by atoms with Gasteiger partial charge in [-0.05, 0) is 60.9 Å². The molecule has 3 nitrogen and oxygen atoms in total. The molecule has 2 unspecified atom stereocenters. The number of hydrogen-bond donors (Lipinski definition) is 0. The summed E-state index contributed by atoms with van der Waals surface area (Å²) in [6.07, 6.45) is 0.181. The molecule has 0 radical (unpaired) electrons. The lowest BCUT2D eigenvalue weighted by Crippen LogP contribution is -2.19. The molecule has 30 heavy (non-hydrogen) atoms. The Bertz CT molecular complexity index is 989. The zero-order valence-corrected chi connectivity index (χ0v) is 17.0. The summed E-state index contributed by atoms with van der Waals surface area (Å²) < 4.78 is 46.7. The Morgan fingerprint density at radius 2 is 1.53 bits per heavy atom. The van der Waals surface area contributed by atoms with Gasteiger partial charge in [-0.2, -0.15) is 0 Å². The highest BCUT2D eigenvalue weighted by molar-refractivity contribution is 5.42. The molecule has 1 fully saturated rings. The first-order valence-electron chi connectivity index (χ1n) is 9.99. The van der Waals surface area contributed by atoms with Crippen molar-refractivity contribution in [2.45, 2.75) is 24.9 Å². The molecule has 0 aromatic heterocycles. The van der Waals surface area contributed by atoms with Crippen molar-refractivity contribution >= 4 is 0 Å². The minimum Gasteiger partial charge on any atom is -0.494 e. The Morgan fingerprint density at radius 1 is 0.833 bits per heavy atom. The van der Waals surface area contributed by atoms with Gasteiger partial charge in [0.2, 0.25) is 0 Å². The molecule has 1 aliphatic carbocycles. The first kappa shape index (κ1) is 20.4. The summed E-state index contributed by atoms with van der Waals surface area (Å²) in [5.74, 6) is -1.96. The third-order valence-corrected chi connectivity index (χ3v) is 5.57. The quantitative estimate of drug-likeness (QED) is 0.441. The summed E-state index contributed by atoms with van der Waals surface area (Å²) in [5.41, 5.74) is -0.397. The van der Waals surface area contributed by atoms with Gasteiger partial charge in [0, 0.05) is 7.11 Å². The average molecular weight is 410 g/mol. The maximum atomic E-state index is 15.0. The van der Waals surface area contributed by atoms with Crippen molar-refractivity contribution < 1.29 is 23.0 Å². The zero-order valence-electron chi connectivity index (χ0n) is 17.0. The Kier molecular flexibility index (Phi) is 5.48. The van der Waals surface area contributed by atoms with E-state index in [-0.39, 0.29) is 6.42 Å². The van der Waals surface area contributed by atoms with E-state index in [2.05, 4.69) is 0 Å². The highest BCUT2D eigenvalue weighted by Crippen LogP contribution is 2.68. The number of para-hydroxylation sites is 1. The smallest absolute Gasteiger partial charge is 0.287 e. The monoisotopic (exact) mass is 410 g/mol. The van der Waals surface area contributed by atoms with Crippen LogP contribution in [0.25, 0.3) is 0 Å². The van der Waals surface area contributed by atoms with E-state index >= 15 is 0 Å². The van der Waals surface area contributed by atoms with E-state index in [1.54, 1.807) is 30.3 Å². The number of methoxy groups -OCH3 is 1. The van der Waals surface area contributed by atoms with Gasteiger partial charge in [-0.15, -0.1) is 0 Å². The summed E-state index contributed by atoms with van der Waals surface area (Å²) in [5, 5.41) is 0. The van der Waals surface area contributed by atoms with Crippen LogP contribution in [0.1, 0.15) is 18.1 Å². The molecule has 0 aliphatic heterocycles. The number of halogens is 2. The van der Waals surface area contributed by atoms with Crippen LogP contribution in [-0.2, 0) is 16.8 Å². The molecule has 5 heteroatoms. The van der Waals surface area contributed by atoms with Crippen molar-refractivity contribution in [3.63, 3.8) is 0 Å². The van der Waals surface area contributed by atoms with Crippen LogP contribution in [0.5, 0.6) is 17.2 Å². The van der Waals surface area contributed by atoms with Gasteiger partial charge in [-0.1, -0.05) is 42.5 Å². The summed E-state index contributed by atoms with van der Waals surface area (Å²) in [6, 6.07) is 23.4. The summed E-state index contributed by atoms with van der Waals surface area (Å²) in [6.45, 7) is 2.40. The van der Waals surface area contributed by atoms with E-state index in [0.29, 0.717) is 29.4 Å². The highest BCUT2D eigenvalue weighted by atomic mass is 19.3. The van der Waals surface area contributed by atoms with E-state index < -0.39 is 17.4 Å². The standard InChI is InChI=1S/C25H24F2O3/c1-3-29-20-14-12-19(13-15-20)24(28-2)23(25(24,26)27)17-18-8-7-11-22(16-18)30-21-9-5-4-6-10-21/h4-16,23H,3,17H2,1-2H3.